The maximum atomic E-state index is 12.6. The van der Waals surface area contributed by atoms with Crippen molar-refractivity contribution in [1.29, 1.82) is 0 Å². The van der Waals surface area contributed by atoms with E-state index in [0.717, 1.165) is 10.5 Å². The predicted octanol–water partition coefficient (Wildman–Crippen LogP) is -0.124. The minimum atomic E-state index is -1.58. The number of β-lactam (4-membered cyclic amide) rings is 1. The number of rotatable bonds is 4. The van der Waals surface area contributed by atoms with Gasteiger partial charge in [-0.05, 0) is 19.4 Å². The Bertz CT molecular complexity index is 733. The first-order valence-corrected chi connectivity index (χ1v) is 8.75. The molecule has 128 valence electrons. The van der Waals surface area contributed by atoms with Crippen LogP contribution >= 0.6 is 0 Å². The molecule has 2 saturated heterocycles. The lowest BCUT2D eigenvalue weighted by molar-refractivity contribution is -0.161. The molecular formula is C16H18N2O5S. The molecule has 2 aliphatic heterocycles. The summed E-state index contributed by atoms with van der Waals surface area (Å²) in [5, 5.41) is 11.2. The number of carbonyl (C=O) groups is 3. The van der Waals surface area contributed by atoms with Gasteiger partial charge in [0, 0.05) is 0 Å². The SMILES string of the molecule is CC1(C)[C@H](C(=O)O)N2C(=O)[C@@H](NC(=O)Cc3ccccc3)[C@H]2[S@@]1=O. The fourth-order valence-corrected chi connectivity index (χ4v) is 5.22. The van der Waals surface area contributed by atoms with Gasteiger partial charge in [-0.3, -0.25) is 13.8 Å². The maximum absolute atomic E-state index is 12.6. The van der Waals surface area contributed by atoms with E-state index in [1.807, 2.05) is 18.2 Å². The van der Waals surface area contributed by atoms with Crippen molar-refractivity contribution in [2.45, 2.75) is 42.5 Å². The van der Waals surface area contributed by atoms with Crippen LogP contribution in [-0.4, -0.2) is 54.2 Å². The van der Waals surface area contributed by atoms with Gasteiger partial charge in [0.1, 0.15) is 17.5 Å². The van der Waals surface area contributed by atoms with E-state index >= 15 is 0 Å². The van der Waals surface area contributed by atoms with Crippen molar-refractivity contribution in [2.75, 3.05) is 0 Å². The summed E-state index contributed by atoms with van der Waals surface area (Å²) < 4.78 is 11.5. The van der Waals surface area contributed by atoms with E-state index in [4.69, 9.17) is 0 Å². The van der Waals surface area contributed by atoms with Crippen LogP contribution < -0.4 is 5.32 Å². The summed E-state index contributed by atoms with van der Waals surface area (Å²) in [4.78, 5) is 37.0. The molecule has 2 N–H and O–H groups in total. The van der Waals surface area contributed by atoms with Gasteiger partial charge in [0.2, 0.25) is 11.8 Å². The Balaban J connectivity index is 1.74. The van der Waals surface area contributed by atoms with Crippen molar-refractivity contribution < 1.29 is 23.7 Å². The van der Waals surface area contributed by atoms with E-state index in [1.165, 1.54) is 0 Å². The van der Waals surface area contributed by atoms with Crippen LogP contribution in [0.5, 0.6) is 0 Å². The number of aliphatic carboxylic acids is 1. The van der Waals surface area contributed by atoms with Crippen LogP contribution in [0.25, 0.3) is 0 Å². The van der Waals surface area contributed by atoms with E-state index in [2.05, 4.69) is 5.32 Å². The van der Waals surface area contributed by atoms with Crippen molar-refractivity contribution in [3.8, 4) is 0 Å². The Morgan fingerprint density at radius 3 is 2.50 bits per heavy atom. The lowest BCUT2D eigenvalue weighted by Crippen LogP contribution is -2.71. The molecule has 3 rings (SSSR count). The molecule has 0 spiro atoms. The Morgan fingerprint density at radius 1 is 1.29 bits per heavy atom. The predicted molar refractivity (Wildman–Crippen MR) is 86.4 cm³/mol. The maximum Gasteiger partial charge on any atom is 0.328 e. The van der Waals surface area contributed by atoms with Crippen LogP contribution in [0.1, 0.15) is 19.4 Å². The first-order valence-electron chi connectivity index (χ1n) is 7.54. The summed E-state index contributed by atoms with van der Waals surface area (Å²) in [5.41, 5.74) is 0.801. The molecule has 0 radical (unpaired) electrons. The third-order valence-corrected chi connectivity index (χ3v) is 6.71. The van der Waals surface area contributed by atoms with Gasteiger partial charge in [-0.15, -0.1) is 0 Å². The average Bonchev–Trinajstić information content (AvgIpc) is 2.71. The second kappa shape index (κ2) is 5.70. The summed E-state index contributed by atoms with van der Waals surface area (Å²) in [7, 11) is -1.58. The molecule has 1 aromatic rings. The third-order valence-electron chi connectivity index (χ3n) is 4.51. The minimum absolute atomic E-state index is 0.107. The van der Waals surface area contributed by atoms with E-state index in [9.17, 15) is 23.7 Å². The molecule has 4 atom stereocenters. The van der Waals surface area contributed by atoms with Crippen molar-refractivity contribution in [2.24, 2.45) is 0 Å². The monoisotopic (exact) mass is 350 g/mol. The summed E-state index contributed by atoms with van der Waals surface area (Å²) in [6, 6.07) is 6.99. The van der Waals surface area contributed by atoms with Crippen LogP contribution in [0.4, 0.5) is 0 Å². The summed E-state index contributed by atoms with van der Waals surface area (Å²) in [6.07, 6.45) is 0.107. The van der Waals surface area contributed by atoms with Crippen LogP contribution in [0, 0.1) is 0 Å². The number of nitrogens with zero attached hydrogens (tertiary/aromatic N) is 1. The van der Waals surface area contributed by atoms with Crippen LogP contribution in [-0.2, 0) is 31.6 Å². The standard InChI is InChI=1S/C16H18N2O5S/c1-16(2)12(15(21)22)18-13(20)11(14(18)24(16)23)17-10(19)8-9-6-4-3-5-7-9/h3-7,11-12,14H,8H2,1-2H3,(H,17,19)(H,21,22)/t11-,12+,14-,24+/m1/s1. The summed E-state index contributed by atoms with van der Waals surface area (Å²) >= 11 is 0. The number of carboxylic acid groups (broad SMARTS) is 1. The normalized spacial score (nSPS) is 30.4. The zero-order valence-corrected chi connectivity index (χ0v) is 14.1. The van der Waals surface area contributed by atoms with Crippen LogP contribution in [0.2, 0.25) is 0 Å². The molecule has 1 aromatic carbocycles. The number of hydrogen-bond acceptors (Lipinski definition) is 4. The topological polar surface area (TPSA) is 104 Å². The van der Waals surface area contributed by atoms with E-state index in [0.29, 0.717) is 0 Å². The number of hydrogen-bond donors (Lipinski definition) is 2. The Morgan fingerprint density at radius 2 is 1.92 bits per heavy atom. The van der Waals surface area contributed by atoms with Gasteiger partial charge in [-0.1, -0.05) is 30.3 Å². The second-order valence-corrected chi connectivity index (χ2v) is 8.62. The largest absolute Gasteiger partial charge is 0.480 e. The van der Waals surface area contributed by atoms with Gasteiger partial charge >= 0.3 is 5.97 Å². The fraction of sp³-hybridized carbons (Fsp3) is 0.438. The van der Waals surface area contributed by atoms with Gasteiger partial charge in [0.25, 0.3) is 0 Å². The molecule has 24 heavy (non-hydrogen) atoms. The quantitative estimate of drug-likeness (QED) is 0.737. The highest BCUT2D eigenvalue weighted by Crippen LogP contribution is 2.43. The Kier molecular flexibility index (Phi) is 3.95. The van der Waals surface area contributed by atoms with Crippen LogP contribution in [0.15, 0.2) is 30.3 Å². The number of amides is 2. The first-order chi connectivity index (χ1) is 11.2. The summed E-state index contributed by atoms with van der Waals surface area (Å²) in [6.45, 7) is 3.13. The highest BCUT2D eigenvalue weighted by atomic mass is 32.2. The number of carbonyl (C=O) groups excluding carboxylic acids is 2. The smallest absolute Gasteiger partial charge is 0.328 e. The zero-order chi connectivity index (χ0) is 17.6. The number of benzene rings is 1. The lowest BCUT2D eigenvalue weighted by Gasteiger charge is -2.43. The molecule has 8 heteroatoms. The summed E-state index contributed by atoms with van der Waals surface area (Å²) in [5.74, 6) is -2.03. The highest BCUT2D eigenvalue weighted by Gasteiger charge is 2.68. The molecule has 2 heterocycles. The molecule has 2 aliphatic rings. The fourth-order valence-electron chi connectivity index (χ4n) is 3.30. The van der Waals surface area contributed by atoms with E-state index in [1.54, 1.807) is 26.0 Å². The van der Waals surface area contributed by atoms with Gasteiger partial charge < -0.3 is 15.3 Å². The van der Waals surface area contributed by atoms with E-state index < -0.39 is 44.9 Å². The molecule has 0 bridgehead atoms. The number of carboxylic acids is 1. The minimum Gasteiger partial charge on any atom is -0.480 e. The highest BCUT2D eigenvalue weighted by molar-refractivity contribution is 7.87. The third kappa shape index (κ3) is 2.41. The van der Waals surface area contributed by atoms with Crippen molar-refractivity contribution >= 4 is 28.6 Å². The van der Waals surface area contributed by atoms with Crippen molar-refractivity contribution in [3.63, 3.8) is 0 Å². The van der Waals surface area contributed by atoms with Gasteiger partial charge in [0.05, 0.1) is 22.0 Å². The number of nitrogens with one attached hydrogen (secondary N) is 1. The van der Waals surface area contributed by atoms with Crippen molar-refractivity contribution in [3.05, 3.63) is 35.9 Å². The van der Waals surface area contributed by atoms with Gasteiger partial charge in [0.15, 0.2) is 0 Å². The molecular weight excluding hydrogens is 332 g/mol. The number of fused-ring (bicyclic) bond motifs is 1. The molecule has 7 nitrogen and oxygen atoms in total. The average molecular weight is 350 g/mol. The first kappa shape index (κ1) is 16.6. The van der Waals surface area contributed by atoms with Crippen LogP contribution in [0.3, 0.4) is 0 Å². The van der Waals surface area contributed by atoms with E-state index in [-0.39, 0.29) is 12.3 Å². The molecule has 2 fully saturated rings. The zero-order valence-electron chi connectivity index (χ0n) is 13.3. The van der Waals surface area contributed by atoms with Gasteiger partial charge in [-0.2, -0.15) is 0 Å². The molecule has 0 saturated carbocycles. The molecule has 0 aliphatic carbocycles. The van der Waals surface area contributed by atoms with Crippen molar-refractivity contribution in [1.82, 2.24) is 10.2 Å². The Labute approximate surface area is 141 Å². The van der Waals surface area contributed by atoms with Gasteiger partial charge in [-0.25, -0.2) is 4.79 Å². The second-order valence-electron chi connectivity index (χ2n) is 6.49. The Hall–Kier alpha value is -2.22. The molecule has 2 amide bonds. The molecule has 0 unspecified atom stereocenters. The lowest BCUT2D eigenvalue weighted by atomic mass is 9.96. The molecule has 0 aromatic heterocycles.